The molecule has 0 saturated carbocycles. The minimum absolute atomic E-state index is 0.467. The van der Waals surface area contributed by atoms with Crippen molar-refractivity contribution in [1.29, 1.82) is 0 Å². The minimum Gasteiger partial charge on any atom is -0.243 e. The van der Waals surface area contributed by atoms with Crippen LogP contribution in [0.15, 0.2) is 30.6 Å². The van der Waals surface area contributed by atoms with Crippen LogP contribution < -0.4 is 0 Å². The van der Waals surface area contributed by atoms with Crippen LogP contribution in [0, 0.1) is 3.57 Å². The summed E-state index contributed by atoms with van der Waals surface area (Å²) in [4.78, 5) is 7.48. The highest BCUT2D eigenvalue weighted by molar-refractivity contribution is 14.1. The standard InChI is InChI=1S/C5H2Cl2IN.C5H3Cl2N/c6-3-2-9-5(7)1-4(3)8;6-4-1-2-5(7)8-3-4/h1-2H;1-3H. The van der Waals surface area contributed by atoms with E-state index in [4.69, 9.17) is 46.4 Å². The summed E-state index contributed by atoms with van der Waals surface area (Å²) < 4.78 is 0.925. The summed E-state index contributed by atoms with van der Waals surface area (Å²) in [6.45, 7) is 0. The summed E-state index contributed by atoms with van der Waals surface area (Å²) in [6, 6.07) is 5.05. The SMILES string of the molecule is Clc1cc(I)c(Cl)cn1.Clc1ccc(Cl)nc1. The molecule has 0 aliphatic heterocycles. The second kappa shape index (κ2) is 7.59. The molecular formula is C10H5Cl4IN2. The van der Waals surface area contributed by atoms with Gasteiger partial charge in [-0.15, -0.1) is 0 Å². The molecule has 2 heterocycles. The molecule has 0 saturated heterocycles. The van der Waals surface area contributed by atoms with E-state index in [-0.39, 0.29) is 0 Å². The van der Waals surface area contributed by atoms with Gasteiger partial charge < -0.3 is 0 Å². The van der Waals surface area contributed by atoms with Crippen molar-refractivity contribution in [3.8, 4) is 0 Å². The van der Waals surface area contributed by atoms with E-state index in [9.17, 15) is 0 Å². The van der Waals surface area contributed by atoms with Crippen molar-refractivity contribution in [2.24, 2.45) is 0 Å². The minimum atomic E-state index is 0.467. The first-order valence-electron chi connectivity index (χ1n) is 4.22. The monoisotopic (exact) mass is 420 g/mol. The van der Waals surface area contributed by atoms with E-state index in [1.54, 1.807) is 18.2 Å². The maximum Gasteiger partial charge on any atom is 0.130 e. The maximum atomic E-state index is 5.65. The molecule has 0 aliphatic rings. The summed E-state index contributed by atoms with van der Waals surface area (Å²) in [5, 5.41) is 2.19. The van der Waals surface area contributed by atoms with Gasteiger partial charge in [0.1, 0.15) is 10.3 Å². The molecule has 0 amide bonds. The second-order valence-corrected chi connectivity index (χ2v) is 5.50. The Bertz CT molecular complexity index is 469. The Morgan fingerprint density at radius 1 is 0.882 bits per heavy atom. The van der Waals surface area contributed by atoms with Crippen LogP contribution in [0.2, 0.25) is 20.4 Å². The van der Waals surface area contributed by atoms with Gasteiger partial charge in [-0.05, 0) is 40.8 Å². The Hall–Kier alpha value is 0.190. The van der Waals surface area contributed by atoms with Gasteiger partial charge in [0.05, 0.1) is 10.0 Å². The van der Waals surface area contributed by atoms with Gasteiger partial charge in [-0.1, -0.05) is 46.4 Å². The molecule has 0 radical (unpaired) electrons. The van der Waals surface area contributed by atoms with Gasteiger partial charge in [0, 0.05) is 16.0 Å². The number of hydrogen-bond donors (Lipinski definition) is 0. The molecule has 7 heteroatoms. The van der Waals surface area contributed by atoms with Crippen LogP contribution in [0.3, 0.4) is 0 Å². The highest BCUT2D eigenvalue weighted by Gasteiger charge is 1.95. The molecule has 0 N–H and O–H groups in total. The molecule has 2 aromatic heterocycles. The normalized spacial score (nSPS) is 9.47. The zero-order valence-corrected chi connectivity index (χ0v) is 13.4. The van der Waals surface area contributed by atoms with Crippen LogP contribution >= 0.6 is 69.0 Å². The lowest BCUT2D eigenvalue weighted by Crippen LogP contribution is -1.77. The van der Waals surface area contributed by atoms with Crippen LogP contribution in [0.5, 0.6) is 0 Å². The van der Waals surface area contributed by atoms with Crippen LogP contribution in [-0.2, 0) is 0 Å². The lowest BCUT2D eigenvalue weighted by molar-refractivity contribution is 1.31. The average Bonchev–Trinajstić information content (AvgIpc) is 2.29. The molecule has 0 atom stereocenters. The Kier molecular flexibility index (Phi) is 6.80. The Morgan fingerprint density at radius 2 is 1.53 bits per heavy atom. The van der Waals surface area contributed by atoms with Crippen LogP contribution in [0.4, 0.5) is 0 Å². The van der Waals surface area contributed by atoms with E-state index >= 15 is 0 Å². The lowest BCUT2D eigenvalue weighted by Gasteiger charge is -1.92. The van der Waals surface area contributed by atoms with E-state index in [0.717, 1.165) is 3.57 Å². The van der Waals surface area contributed by atoms with Crippen molar-refractivity contribution < 1.29 is 0 Å². The van der Waals surface area contributed by atoms with Crippen molar-refractivity contribution >= 4 is 69.0 Å². The van der Waals surface area contributed by atoms with Gasteiger partial charge in [0.25, 0.3) is 0 Å². The molecule has 0 bridgehead atoms. The zero-order valence-electron chi connectivity index (χ0n) is 8.17. The van der Waals surface area contributed by atoms with Crippen molar-refractivity contribution in [2.45, 2.75) is 0 Å². The van der Waals surface area contributed by atoms with Crippen molar-refractivity contribution in [3.05, 3.63) is 54.5 Å². The smallest absolute Gasteiger partial charge is 0.130 e. The van der Waals surface area contributed by atoms with Crippen LogP contribution in [-0.4, -0.2) is 9.97 Å². The molecule has 2 nitrogen and oxygen atoms in total. The highest BCUT2D eigenvalue weighted by Crippen LogP contribution is 2.19. The summed E-state index contributed by atoms with van der Waals surface area (Å²) in [6.07, 6.45) is 3.04. The number of pyridine rings is 2. The topological polar surface area (TPSA) is 25.8 Å². The first-order valence-corrected chi connectivity index (χ1v) is 6.81. The number of nitrogens with zero attached hydrogens (tertiary/aromatic N) is 2. The Morgan fingerprint density at radius 3 is 1.94 bits per heavy atom. The van der Waals surface area contributed by atoms with Gasteiger partial charge in [-0.2, -0.15) is 0 Å². The van der Waals surface area contributed by atoms with E-state index in [2.05, 4.69) is 32.6 Å². The second-order valence-electron chi connectivity index (χ2n) is 2.72. The Labute approximate surface area is 132 Å². The van der Waals surface area contributed by atoms with Gasteiger partial charge in [-0.3, -0.25) is 0 Å². The van der Waals surface area contributed by atoms with Crippen LogP contribution in [0.25, 0.3) is 0 Å². The molecule has 2 aromatic rings. The fourth-order valence-electron chi connectivity index (χ4n) is 0.749. The van der Waals surface area contributed by atoms with E-state index in [1.807, 2.05) is 0 Å². The quantitative estimate of drug-likeness (QED) is 0.421. The third-order valence-electron chi connectivity index (χ3n) is 1.47. The third-order valence-corrected chi connectivity index (χ3v) is 3.63. The van der Waals surface area contributed by atoms with Crippen LogP contribution in [0.1, 0.15) is 0 Å². The van der Waals surface area contributed by atoms with Crippen molar-refractivity contribution in [3.63, 3.8) is 0 Å². The van der Waals surface area contributed by atoms with Gasteiger partial charge in [0.15, 0.2) is 0 Å². The first kappa shape index (κ1) is 15.2. The Balaban J connectivity index is 0.000000171. The zero-order chi connectivity index (χ0) is 12.8. The number of hydrogen-bond acceptors (Lipinski definition) is 2. The average molecular weight is 422 g/mol. The largest absolute Gasteiger partial charge is 0.243 e. The van der Waals surface area contributed by atoms with Crippen molar-refractivity contribution in [2.75, 3.05) is 0 Å². The third kappa shape index (κ3) is 6.06. The van der Waals surface area contributed by atoms with Crippen molar-refractivity contribution in [1.82, 2.24) is 9.97 Å². The van der Waals surface area contributed by atoms with Gasteiger partial charge in [0.2, 0.25) is 0 Å². The molecule has 0 fully saturated rings. The summed E-state index contributed by atoms with van der Waals surface area (Å²) >= 11 is 24.2. The molecule has 0 unspecified atom stereocenters. The van der Waals surface area contributed by atoms with E-state index < -0.39 is 0 Å². The molecular weight excluding hydrogens is 417 g/mol. The summed E-state index contributed by atoms with van der Waals surface area (Å²) in [7, 11) is 0. The molecule has 90 valence electrons. The number of halogens is 5. The molecule has 2 rings (SSSR count). The number of aromatic nitrogens is 2. The number of rotatable bonds is 0. The molecule has 17 heavy (non-hydrogen) atoms. The van der Waals surface area contributed by atoms with E-state index in [1.165, 1.54) is 12.4 Å². The predicted molar refractivity (Wildman–Crippen MR) is 81.2 cm³/mol. The highest BCUT2D eigenvalue weighted by atomic mass is 127. The first-order chi connectivity index (χ1) is 7.99. The fourth-order valence-corrected chi connectivity index (χ4v) is 1.85. The van der Waals surface area contributed by atoms with Gasteiger partial charge in [-0.25, -0.2) is 9.97 Å². The molecule has 0 aliphatic carbocycles. The molecule has 0 spiro atoms. The maximum absolute atomic E-state index is 5.65. The summed E-state index contributed by atoms with van der Waals surface area (Å²) in [5.41, 5.74) is 0. The van der Waals surface area contributed by atoms with E-state index in [0.29, 0.717) is 20.4 Å². The lowest BCUT2D eigenvalue weighted by atomic mass is 10.5. The molecule has 0 aromatic carbocycles. The van der Waals surface area contributed by atoms with Gasteiger partial charge >= 0.3 is 0 Å². The fraction of sp³-hybridized carbons (Fsp3) is 0. The predicted octanol–water partition coefficient (Wildman–Crippen LogP) is 5.38. The summed E-state index contributed by atoms with van der Waals surface area (Å²) in [5.74, 6) is 0.